The predicted molar refractivity (Wildman–Crippen MR) is 114 cm³/mol. The third-order valence-corrected chi connectivity index (χ3v) is 6.83. The van der Waals surface area contributed by atoms with E-state index in [1.165, 1.54) is 42.5 Å². The van der Waals surface area contributed by atoms with Gasteiger partial charge in [-0.1, -0.05) is 35.3 Å². The van der Waals surface area contributed by atoms with Crippen molar-refractivity contribution < 1.29 is 18.3 Å². The molecule has 0 aliphatic heterocycles. The highest BCUT2D eigenvalue weighted by Crippen LogP contribution is 2.33. The summed E-state index contributed by atoms with van der Waals surface area (Å²) in [4.78, 5) is 11.1. The molecule has 0 unspecified atom stereocenters. The van der Waals surface area contributed by atoms with Crippen molar-refractivity contribution in [3.63, 3.8) is 0 Å². The van der Waals surface area contributed by atoms with Crippen LogP contribution in [-0.4, -0.2) is 19.5 Å². The molecule has 0 saturated carbocycles. The number of carboxylic acids is 1. The first-order chi connectivity index (χ1) is 13.7. The first-order valence-electron chi connectivity index (χ1n) is 8.59. The van der Waals surface area contributed by atoms with E-state index in [-0.39, 0.29) is 21.0 Å². The van der Waals surface area contributed by atoms with Crippen LogP contribution in [-0.2, 0) is 22.7 Å². The molecule has 0 aliphatic carbocycles. The average Bonchev–Trinajstić information content (AvgIpc) is 2.66. The molecule has 0 saturated heterocycles. The molecule has 3 N–H and O–H groups in total. The second-order valence-corrected chi connectivity index (χ2v) is 9.20. The quantitative estimate of drug-likeness (QED) is 0.521. The monoisotopic (exact) mass is 449 g/mol. The highest BCUT2D eigenvalue weighted by Gasteiger charge is 2.24. The first-order valence-corrected chi connectivity index (χ1v) is 10.8. The zero-order valence-corrected chi connectivity index (χ0v) is 17.4. The zero-order chi connectivity index (χ0) is 21.2. The molecular formula is C21H17Cl2NO4S. The fourth-order valence-corrected chi connectivity index (χ4v) is 4.99. The number of nitrogens with two attached hydrogens (primary N) is 1. The lowest BCUT2D eigenvalue weighted by Gasteiger charge is -2.14. The summed E-state index contributed by atoms with van der Waals surface area (Å²) in [5, 5.41) is 9.76. The van der Waals surface area contributed by atoms with Crippen LogP contribution in [0.4, 0.5) is 5.69 Å². The SMILES string of the molecule is Nc1cc(Cl)cc(CCc2ccc(C(=O)O)cc2)c1S(=O)(=O)c1ccc(Cl)cc1. The van der Waals surface area contributed by atoms with Gasteiger partial charge in [-0.05, 0) is 72.5 Å². The first kappa shape index (κ1) is 21.2. The van der Waals surface area contributed by atoms with Crippen molar-refractivity contribution in [2.24, 2.45) is 0 Å². The van der Waals surface area contributed by atoms with Crippen LogP contribution in [0, 0.1) is 0 Å². The topological polar surface area (TPSA) is 97.5 Å². The third-order valence-electron chi connectivity index (χ3n) is 4.44. The molecule has 0 amide bonds. The Labute approximate surface area is 178 Å². The van der Waals surface area contributed by atoms with Gasteiger partial charge in [-0.3, -0.25) is 0 Å². The maximum atomic E-state index is 13.2. The number of nitrogen functional groups attached to an aromatic ring is 1. The molecular weight excluding hydrogens is 433 g/mol. The summed E-state index contributed by atoms with van der Waals surface area (Å²) in [5.74, 6) is -1.00. The fraction of sp³-hybridized carbons (Fsp3) is 0.0952. The van der Waals surface area contributed by atoms with Crippen molar-refractivity contribution in [1.29, 1.82) is 0 Å². The van der Waals surface area contributed by atoms with E-state index in [4.69, 9.17) is 34.0 Å². The smallest absolute Gasteiger partial charge is 0.335 e. The average molecular weight is 450 g/mol. The van der Waals surface area contributed by atoms with Crippen molar-refractivity contribution in [3.05, 3.63) is 87.4 Å². The number of aromatic carboxylic acids is 1. The van der Waals surface area contributed by atoms with Gasteiger partial charge in [0.15, 0.2) is 0 Å². The molecule has 3 aromatic rings. The van der Waals surface area contributed by atoms with Crippen LogP contribution in [0.3, 0.4) is 0 Å². The van der Waals surface area contributed by atoms with Gasteiger partial charge < -0.3 is 10.8 Å². The minimum atomic E-state index is -3.88. The Morgan fingerprint density at radius 2 is 1.52 bits per heavy atom. The summed E-state index contributed by atoms with van der Waals surface area (Å²) in [6.45, 7) is 0. The van der Waals surface area contributed by atoms with Crippen LogP contribution >= 0.6 is 23.2 Å². The number of carboxylic acid groups (broad SMARTS) is 1. The molecule has 5 nitrogen and oxygen atoms in total. The fourth-order valence-electron chi connectivity index (χ4n) is 3.01. The van der Waals surface area contributed by atoms with E-state index in [9.17, 15) is 13.2 Å². The number of sulfone groups is 1. The summed E-state index contributed by atoms with van der Waals surface area (Å²) in [7, 11) is -3.88. The molecule has 8 heteroatoms. The van der Waals surface area contributed by atoms with Crippen molar-refractivity contribution in [3.8, 4) is 0 Å². The molecule has 150 valence electrons. The Hall–Kier alpha value is -2.54. The van der Waals surface area contributed by atoms with Gasteiger partial charge in [-0.15, -0.1) is 0 Å². The van der Waals surface area contributed by atoms with Crippen LogP contribution in [0.25, 0.3) is 0 Å². The van der Waals surface area contributed by atoms with E-state index in [1.807, 2.05) is 0 Å². The van der Waals surface area contributed by atoms with Crippen LogP contribution in [0.2, 0.25) is 10.0 Å². The number of rotatable bonds is 6. The molecule has 0 heterocycles. The number of benzene rings is 3. The van der Waals surface area contributed by atoms with E-state index in [2.05, 4.69) is 0 Å². The van der Waals surface area contributed by atoms with Crippen molar-refractivity contribution >= 4 is 44.7 Å². The van der Waals surface area contributed by atoms with Crippen molar-refractivity contribution in [2.45, 2.75) is 22.6 Å². The molecule has 3 aromatic carbocycles. The lowest BCUT2D eigenvalue weighted by Crippen LogP contribution is -2.10. The Morgan fingerprint density at radius 3 is 2.10 bits per heavy atom. The number of anilines is 1. The third kappa shape index (κ3) is 4.72. The minimum absolute atomic E-state index is 0.0198. The molecule has 3 rings (SSSR count). The molecule has 0 spiro atoms. The van der Waals surface area contributed by atoms with E-state index in [0.717, 1.165) is 5.56 Å². The van der Waals surface area contributed by atoms with Crippen molar-refractivity contribution in [2.75, 3.05) is 5.73 Å². The number of aryl methyl sites for hydroxylation is 2. The summed E-state index contributed by atoms with van der Waals surface area (Å²) in [5.41, 5.74) is 7.66. The van der Waals surface area contributed by atoms with Gasteiger partial charge in [-0.2, -0.15) is 0 Å². The van der Waals surface area contributed by atoms with Crippen LogP contribution in [0.1, 0.15) is 21.5 Å². The van der Waals surface area contributed by atoms with Crippen LogP contribution in [0.5, 0.6) is 0 Å². The van der Waals surface area contributed by atoms with E-state index in [1.54, 1.807) is 18.2 Å². The number of hydrogen-bond donors (Lipinski definition) is 2. The minimum Gasteiger partial charge on any atom is -0.478 e. The second-order valence-electron chi connectivity index (χ2n) is 6.44. The van der Waals surface area contributed by atoms with Crippen LogP contribution < -0.4 is 5.73 Å². The Bertz CT molecular complexity index is 1160. The largest absolute Gasteiger partial charge is 0.478 e. The van der Waals surface area contributed by atoms with Crippen molar-refractivity contribution in [1.82, 2.24) is 0 Å². The Kier molecular flexibility index (Phi) is 6.17. The summed E-state index contributed by atoms with van der Waals surface area (Å²) in [6.07, 6.45) is 0.849. The normalized spacial score (nSPS) is 11.4. The highest BCUT2D eigenvalue weighted by molar-refractivity contribution is 7.91. The summed E-state index contributed by atoms with van der Waals surface area (Å²) >= 11 is 12.0. The number of carbonyl (C=O) groups is 1. The molecule has 0 radical (unpaired) electrons. The molecule has 0 fully saturated rings. The zero-order valence-electron chi connectivity index (χ0n) is 15.1. The van der Waals surface area contributed by atoms with Gasteiger partial charge in [0, 0.05) is 10.0 Å². The van der Waals surface area contributed by atoms with Gasteiger partial charge in [-0.25, -0.2) is 13.2 Å². The van der Waals surface area contributed by atoms with Gasteiger partial charge in [0.2, 0.25) is 9.84 Å². The summed E-state index contributed by atoms with van der Waals surface area (Å²) < 4.78 is 26.4. The van der Waals surface area contributed by atoms with E-state index < -0.39 is 15.8 Å². The number of halogens is 2. The van der Waals surface area contributed by atoms with Gasteiger partial charge in [0.25, 0.3) is 0 Å². The maximum Gasteiger partial charge on any atom is 0.335 e. The molecule has 0 bridgehead atoms. The molecule has 0 aromatic heterocycles. The Balaban J connectivity index is 1.97. The van der Waals surface area contributed by atoms with E-state index in [0.29, 0.717) is 28.5 Å². The van der Waals surface area contributed by atoms with E-state index >= 15 is 0 Å². The molecule has 0 aliphatic rings. The highest BCUT2D eigenvalue weighted by atomic mass is 35.5. The lowest BCUT2D eigenvalue weighted by molar-refractivity contribution is 0.0697. The predicted octanol–water partition coefficient (Wildman–Crippen LogP) is 4.89. The molecule has 0 atom stereocenters. The van der Waals surface area contributed by atoms with Gasteiger partial charge in [0.1, 0.15) is 0 Å². The summed E-state index contributed by atoms with van der Waals surface area (Å²) in [6, 6.07) is 15.3. The maximum absolute atomic E-state index is 13.2. The van der Waals surface area contributed by atoms with Crippen LogP contribution in [0.15, 0.2) is 70.5 Å². The number of hydrogen-bond acceptors (Lipinski definition) is 4. The van der Waals surface area contributed by atoms with Gasteiger partial charge in [0.05, 0.1) is 21.0 Å². The molecule has 29 heavy (non-hydrogen) atoms. The lowest BCUT2D eigenvalue weighted by atomic mass is 10.0. The standard InChI is InChI=1S/C21H17Cl2NO4S/c22-16-7-9-18(10-8-16)29(27,28)20-15(11-17(23)12-19(20)24)6-3-13-1-4-14(5-2-13)21(25)26/h1-2,4-5,7-12H,3,6,24H2,(H,25,26). The van der Waals surface area contributed by atoms with Gasteiger partial charge >= 0.3 is 5.97 Å². The Morgan fingerprint density at radius 1 is 0.897 bits per heavy atom. The second kappa shape index (κ2) is 8.45.